The van der Waals surface area contributed by atoms with Crippen LogP contribution < -0.4 is 10.6 Å². The second-order valence-corrected chi connectivity index (χ2v) is 6.11. The molecule has 6 nitrogen and oxygen atoms in total. The maximum absolute atomic E-state index is 12.9. The van der Waals surface area contributed by atoms with Crippen LogP contribution in [-0.2, 0) is 20.8 Å². The Labute approximate surface area is 140 Å². The zero-order valence-electron chi connectivity index (χ0n) is 14.0. The van der Waals surface area contributed by atoms with Crippen LogP contribution in [0.1, 0.15) is 32.8 Å². The average molecular weight is 338 g/mol. The number of rotatable bonds is 8. The van der Waals surface area contributed by atoms with E-state index in [1.807, 2.05) is 13.8 Å². The van der Waals surface area contributed by atoms with E-state index in [0.717, 1.165) is 0 Å². The molecule has 0 saturated carbocycles. The fourth-order valence-corrected chi connectivity index (χ4v) is 2.28. The quantitative estimate of drug-likeness (QED) is 0.669. The normalized spacial score (nSPS) is 13.2. The molecule has 0 aliphatic carbocycles. The highest BCUT2D eigenvalue weighted by atomic mass is 19.1. The minimum Gasteiger partial charge on any atom is -0.480 e. The van der Waals surface area contributed by atoms with Crippen molar-refractivity contribution in [1.29, 1.82) is 0 Å². The summed E-state index contributed by atoms with van der Waals surface area (Å²) in [6.45, 7) is 5.10. The Balaban J connectivity index is 2.80. The molecule has 0 spiro atoms. The molecule has 0 unspecified atom stereocenters. The first-order valence-electron chi connectivity index (χ1n) is 7.73. The van der Waals surface area contributed by atoms with Gasteiger partial charge in [0.05, 0.1) is 0 Å². The monoisotopic (exact) mass is 338 g/mol. The molecule has 1 aromatic carbocycles. The van der Waals surface area contributed by atoms with Crippen LogP contribution in [-0.4, -0.2) is 35.0 Å². The lowest BCUT2D eigenvalue weighted by Crippen LogP contribution is -2.52. The molecule has 1 aromatic rings. The first-order valence-corrected chi connectivity index (χ1v) is 7.73. The van der Waals surface area contributed by atoms with Crippen molar-refractivity contribution in [3.63, 3.8) is 0 Å². The highest BCUT2D eigenvalue weighted by Crippen LogP contribution is 2.09. The van der Waals surface area contributed by atoms with Gasteiger partial charge in [-0.05, 0) is 30.0 Å². The third-order valence-electron chi connectivity index (χ3n) is 3.37. The van der Waals surface area contributed by atoms with Crippen LogP contribution >= 0.6 is 0 Å². The topological polar surface area (TPSA) is 95.5 Å². The van der Waals surface area contributed by atoms with Crippen molar-refractivity contribution < 1.29 is 23.9 Å². The lowest BCUT2D eigenvalue weighted by Gasteiger charge is -2.22. The zero-order valence-corrected chi connectivity index (χ0v) is 14.0. The van der Waals surface area contributed by atoms with Crippen LogP contribution in [0.15, 0.2) is 24.3 Å². The summed E-state index contributed by atoms with van der Waals surface area (Å²) >= 11 is 0. The first kappa shape index (κ1) is 19.6. The number of carboxylic acid groups (broad SMARTS) is 1. The average Bonchev–Trinajstić information content (AvgIpc) is 2.46. The van der Waals surface area contributed by atoms with Crippen LogP contribution in [0, 0.1) is 11.7 Å². The number of aliphatic carboxylic acids is 1. The summed E-state index contributed by atoms with van der Waals surface area (Å²) in [5, 5.41) is 14.3. The van der Waals surface area contributed by atoms with Crippen LogP contribution in [0.5, 0.6) is 0 Å². The molecule has 0 radical (unpaired) electrons. The molecule has 0 fully saturated rings. The number of hydrogen-bond donors (Lipinski definition) is 3. The number of halogens is 1. The Morgan fingerprint density at radius 1 is 1.08 bits per heavy atom. The van der Waals surface area contributed by atoms with Gasteiger partial charge in [-0.2, -0.15) is 0 Å². The Morgan fingerprint density at radius 3 is 2.12 bits per heavy atom. The van der Waals surface area contributed by atoms with E-state index in [2.05, 4.69) is 10.6 Å². The van der Waals surface area contributed by atoms with Crippen LogP contribution in [0.2, 0.25) is 0 Å². The largest absolute Gasteiger partial charge is 0.480 e. The van der Waals surface area contributed by atoms with Crippen molar-refractivity contribution in [2.75, 3.05) is 0 Å². The molecule has 0 aliphatic rings. The number of benzene rings is 1. The van der Waals surface area contributed by atoms with Crippen LogP contribution in [0.3, 0.4) is 0 Å². The van der Waals surface area contributed by atoms with Crippen molar-refractivity contribution in [3.05, 3.63) is 35.6 Å². The van der Waals surface area contributed by atoms with Gasteiger partial charge in [0.2, 0.25) is 11.8 Å². The fraction of sp³-hybridized carbons (Fsp3) is 0.471. The van der Waals surface area contributed by atoms with E-state index in [4.69, 9.17) is 0 Å². The summed E-state index contributed by atoms with van der Waals surface area (Å²) in [7, 11) is 0. The van der Waals surface area contributed by atoms with Gasteiger partial charge in [0.15, 0.2) is 0 Å². The van der Waals surface area contributed by atoms with E-state index >= 15 is 0 Å². The van der Waals surface area contributed by atoms with Crippen LogP contribution in [0.4, 0.5) is 4.39 Å². The van der Waals surface area contributed by atoms with Gasteiger partial charge in [-0.15, -0.1) is 0 Å². The van der Waals surface area contributed by atoms with E-state index in [0.29, 0.717) is 12.0 Å². The smallest absolute Gasteiger partial charge is 0.326 e. The molecule has 0 bridgehead atoms. The fourth-order valence-electron chi connectivity index (χ4n) is 2.28. The lowest BCUT2D eigenvalue weighted by atomic mass is 10.0. The van der Waals surface area contributed by atoms with Gasteiger partial charge in [-0.1, -0.05) is 26.0 Å². The van der Waals surface area contributed by atoms with E-state index in [9.17, 15) is 23.9 Å². The second-order valence-electron chi connectivity index (χ2n) is 6.11. The van der Waals surface area contributed by atoms with Gasteiger partial charge in [0.1, 0.15) is 17.9 Å². The van der Waals surface area contributed by atoms with Crippen molar-refractivity contribution in [2.24, 2.45) is 5.92 Å². The van der Waals surface area contributed by atoms with Crippen molar-refractivity contribution in [3.8, 4) is 0 Å². The first-order chi connectivity index (χ1) is 11.2. The minimum atomic E-state index is -1.20. The molecule has 3 N–H and O–H groups in total. The van der Waals surface area contributed by atoms with Gasteiger partial charge >= 0.3 is 5.97 Å². The molecular weight excluding hydrogens is 315 g/mol. The van der Waals surface area contributed by atoms with E-state index in [1.54, 1.807) is 0 Å². The summed E-state index contributed by atoms with van der Waals surface area (Å²) in [5.74, 6) is -2.38. The highest BCUT2D eigenvalue weighted by Gasteiger charge is 2.26. The number of carbonyl (C=O) groups is 3. The Hall–Kier alpha value is -2.44. The van der Waals surface area contributed by atoms with E-state index in [-0.39, 0.29) is 18.2 Å². The van der Waals surface area contributed by atoms with Gasteiger partial charge in [-0.25, -0.2) is 9.18 Å². The van der Waals surface area contributed by atoms with E-state index in [1.165, 1.54) is 31.2 Å². The van der Waals surface area contributed by atoms with Crippen molar-refractivity contribution >= 4 is 17.8 Å². The molecule has 132 valence electrons. The van der Waals surface area contributed by atoms with Gasteiger partial charge in [-0.3, -0.25) is 9.59 Å². The summed E-state index contributed by atoms with van der Waals surface area (Å²) in [5.41, 5.74) is 0.587. The van der Waals surface area contributed by atoms with Crippen molar-refractivity contribution in [2.45, 2.75) is 45.7 Å². The predicted octanol–water partition coefficient (Wildman–Crippen LogP) is 1.49. The summed E-state index contributed by atoms with van der Waals surface area (Å²) < 4.78 is 12.9. The zero-order chi connectivity index (χ0) is 18.3. The van der Waals surface area contributed by atoms with Gasteiger partial charge < -0.3 is 15.7 Å². The molecule has 2 amide bonds. The number of nitrogens with one attached hydrogen (secondary N) is 2. The third-order valence-corrected chi connectivity index (χ3v) is 3.37. The third kappa shape index (κ3) is 6.76. The number of hydrogen-bond acceptors (Lipinski definition) is 3. The maximum atomic E-state index is 12.9. The maximum Gasteiger partial charge on any atom is 0.326 e. The number of carboxylic acids is 1. The Bertz CT molecular complexity index is 587. The molecule has 0 aromatic heterocycles. The Morgan fingerprint density at radius 2 is 1.67 bits per heavy atom. The molecule has 0 aliphatic heterocycles. The lowest BCUT2D eigenvalue weighted by molar-refractivity contribution is -0.142. The second kappa shape index (κ2) is 9.00. The molecule has 7 heteroatoms. The standard InChI is InChI=1S/C17H23FN2O4/c1-10(2)8-14(19-11(3)21)16(22)20-15(17(23)24)9-12-4-6-13(18)7-5-12/h4-7,10,14-15H,8-9H2,1-3H3,(H,19,21)(H,20,22)(H,23,24)/t14-,15+/m0/s1. The summed E-state index contributed by atoms with van der Waals surface area (Å²) in [6.07, 6.45) is 0.421. The Kier molecular flexibility index (Phi) is 7.35. The van der Waals surface area contributed by atoms with Crippen LogP contribution in [0.25, 0.3) is 0 Å². The highest BCUT2D eigenvalue weighted by molar-refractivity contribution is 5.90. The van der Waals surface area contributed by atoms with Crippen molar-refractivity contribution in [1.82, 2.24) is 10.6 Å². The number of amides is 2. The van der Waals surface area contributed by atoms with Gasteiger partial charge in [0, 0.05) is 13.3 Å². The molecule has 0 heterocycles. The van der Waals surface area contributed by atoms with Gasteiger partial charge in [0.25, 0.3) is 0 Å². The number of carbonyl (C=O) groups excluding carboxylic acids is 2. The molecule has 2 atom stereocenters. The molecule has 24 heavy (non-hydrogen) atoms. The minimum absolute atomic E-state index is 0.0236. The molecule has 1 rings (SSSR count). The van der Waals surface area contributed by atoms with E-state index < -0.39 is 29.8 Å². The molecular formula is C17H23FN2O4. The SMILES string of the molecule is CC(=O)N[C@@H](CC(C)C)C(=O)N[C@H](Cc1ccc(F)cc1)C(=O)O. The summed E-state index contributed by atoms with van der Waals surface area (Å²) in [6, 6.07) is 3.45. The summed E-state index contributed by atoms with van der Waals surface area (Å²) in [4.78, 5) is 35.0. The predicted molar refractivity (Wildman–Crippen MR) is 86.7 cm³/mol. The molecule has 0 saturated heterocycles.